The smallest absolute Gasteiger partial charge is 0.207 e. The molecule has 0 atom stereocenters. The highest BCUT2D eigenvalue weighted by Crippen LogP contribution is 2.23. The number of nitrogens with zero attached hydrogens (tertiary/aromatic N) is 2. The number of nitrogens with one attached hydrogen (secondary N) is 1. The number of amides is 1. The van der Waals surface area contributed by atoms with E-state index in [0.717, 1.165) is 11.3 Å². The summed E-state index contributed by atoms with van der Waals surface area (Å²) in [5.41, 5.74) is 2.31. The minimum atomic E-state index is -0.414. The number of benzene rings is 2. The molecule has 0 aliphatic carbocycles. The Kier molecular flexibility index (Phi) is 15.8. The minimum Gasteiger partial charge on any atom is -0.494 e. The van der Waals surface area contributed by atoms with Crippen LogP contribution in [0, 0.1) is 17.1 Å². The van der Waals surface area contributed by atoms with Gasteiger partial charge in [-0.2, -0.15) is 5.26 Å². The number of hydrogen-bond donors (Lipinski definition) is 1. The van der Waals surface area contributed by atoms with Crippen molar-refractivity contribution in [2.75, 3.05) is 52.0 Å². The van der Waals surface area contributed by atoms with Crippen LogP contribution in [-0.4, -0.2) is 71.5 Å². The molecular formula is C30H44FN3O6. The molecule has 222 valence electrons. The molecule has 1 fully saturated rings. The molecule has 3 rings (SSSR count). The Balaban J connectivity index is 0.00000103. The van der Waals surface area contributed by atoms with Crippen LogP contribution in [0.5, 0.6) is 5.75 Å². The number of halogens is 1. The lowest BCUT2D eigenvalue weighted by molar-refractivity contribution is -0.226. The number of methoxy groups -OCH3 is 2. The fourth-order valence-electron chi connectivity index (χ4n) is 3.47. The topological polar surface area (TPSA) is 102 Å². The van der Waals surface area contributed by atoms with Gasteiger partial charge < -0.3 is 33.9 Å². The zero-order valence-corrected chi connectivity index (χ0v) is 23.4. The second-order valence-corrected chi connectivity index (χ2v) is 9.82. The number of rotatable bonds is 12. The predicted octanol–water partition coefficient (Wildman–Crippen LogP) is 4.67. The third-order valence-corrected chi connectivity index (χ3v) is 5.82. The van der Waals surface area contributed by atoms with E-state index in [1.807, 2.05) is 39.0 Å². The zero-order chi connectivity index (χ0) is 28.7. The summed E-state index contributed by atoms with van der Waals surface area (Å²) >= 11 is 0. The molecule has 1 heterocycles. The molecule has 0 spiro atoms. The van der Waals surface area contributed by atoms with Gasteiger partial charge in [-0.3, -0.25) is 4.79 Å². The highest BCUT2D eigenvalue weighted by molar-refractivity contribution is 5.50. The van der Waals surface area contributed by atoms with E-state index in [1.165, 1.54) is 13.2 Å². The molecule has 0 saturated carbocycles. The summed E-state index contributed by atoms with van der Waals surface area (Å²) in [5.74, 6) is -0.213. The molecule has 2 aromatic rings. The first kappa shape index (κ1) is 34.8. The average Bonchev–Trinajstić information content (AvgIpc) is 2.94. The maximum atomic E-state index is 14.2. The van der Waals surface area contributed by atoms with E-state index in [-0.39, 0.29) is 31.2 Å². The van der Waals surface area contributed by atoms with E-state index >= 15 is 0 Å². The summed E-state index contributed by atoms with van der Waals surface area (Å²) in [4.78, 5) is 12.3. The van der Waals surface area contributed by atoms with Gasteiger partial charge in [0.05, 0.1) is 44.2 Å². The van der Waals surface area contributed by atoms with Crippen molar-refractivity contribution < 1.29 is 32.9 Å². The second kappa shape index (κ2) is 18.2. The van der Waals surface area contributed by atoms with Crippen molar-refractivity contribution in [2.24, 2.45) is 0 Å². The van der Waals surface area contributed by atoms with E-state index in [1.54, 1.807) is 25.3 Å². The van der Waals surface area contributed by atoms with Gasteiger partial charge >= 0.3 is 0 Å². The van der Waals surface area contributed by atoms with Gasteiger partial charge in [0.15, 0.2) is 17.9 Å². The van der Waals surface area contributed by atoms with Gasteiger partial charge in [0.25, 0.3) is 0 Å². The third kappa shape index (κ3) is 12.7. The number of hydrogen-bond acceptors (Lipinski definition) is 8. The van der Waals surface area contributed by atoms with Crippen LogP contribution in [0.1, 0.15) is 45.7 Å². The highest BCUT2D eigenvalue weighted by Gasteiger charge is 2.23. The lowest BCUT2D eigenvalue weighted by Crippen LogP contribution is -2.40. The van der Waals surface area contributed by atoms with Crippen molar-refractivity contribution in [3.8, 4) is 11.8 Å². The summed E-state index contributed by atoms with van der Waals surface area (Å²) in [6, 6.07) is 14.3. The van der Waals surface area contributed by atoms with E-state index < -0.39 is 5.82 Å². The molecule has 2 aromatic carbocycles. The normalized spacial score (nSPS) is 16.4. The molecule has 1 aliphatic rings. The summed E-state index contributed by atoms with van der Waals surface area (Å²) in [5, 5.41) is 11.6. The first-order chi connectivity index (χ1) is 18.7. The van der Waals surface area contributed by atoms with Crippen LogP contribution in [0.15, 0.2) is 42.5 Å². The van der Waals surface area contributed by atoms with Gasteiger partial charge in [0.2, 0.25) is 6.41 Å². The quantitative estimate of drug-likeness (QED) is 0.295. The summed E-state index contributed by atoms with van der Waals surface area (Å²) < 4.78 is 41.3. The Labute approximate surface area is 238 Å². The van der Waals surface area contributed by atoms with Crippen molar-refractivity contribution in [3.05, 3.63) is 59.4 Å². The van der Waals surface area contributed by atoms with Crippen LogP contribution in [0.25, 0.3) is 0 Å². The van der Waals surface area contributed by atoms with Crippen LogP contribution < -0.4 is 15.0 Å². The van der Waals surface area contributed by atoms with Crippen molar-refractivity contribution in [2.45, 2.75) is 59.2 Å². The lowest BCUT2D eigenvalue weighted by Gasteiger charge is -2.32. The monoisotopic (exact) mass is 561 g/mol. The van der Waals surface area contributed by atoms with Gasteiger partial charge in [0, 0.05) is 38.9 Å². The molecule has 1 N–H and O–H groups in total. The molecule has 40 heavy (non-hydrogen) atoms. The lowest BCUT2D eigenvalue weighted by atomic mass is 10.1. The Morgan fingerprint density at radius 2 is 1.80 bits per heavy atom. The molecule has 0 radical (unpaired) electrons. The summed E-state index contributed by atoms with van der Waals surface area (Å²) in [7, 11) is 3.14. The molecule has 0 aromatic heterocycles. The van der Waals surface area contributed by atoms with Crippen molar-refractivity contribution in [3.63, 3.8) is 0 Å². The maximum absolute atomic E-state index is 14.2. The number of carbonyl (C=O) groups is 1. The molecule has 1 amide bonds. The fraction of sp³-hybridized carbons (Fsp3) is 0.533. The van der Waals surface area contributed by atoms with Crippen LogP contribution >= 0.6 is 0 Å². The van der Waals surface area contributed by atoms with Gasteiger partial charge in [-0.15, -0.1) is 0 Å². The fourth-order valence-corrected chi connectivity index (χ4v) is 3.47. The first-order valence-electron chi connectivity index (χ1n) is 12.8. The summed E-state index contributed by atoms with van der Waals surface area (Å²) in [6.45, 7) is 8.78. The van der Waals surface area contributed by atoms with Gasteiger partial charge in [0.1, 0.15) is 6.10 Å². The average molecular weight is 562 g/mol. The van der Waals surface area contributed by atoms with Gasteiger partial charge in [-0.1, -0.05) is 13.5 Å². The Hall–Kier alpha value is -3.23. The Bertz CT molecular complexity index is 1030. The van der Waals surface area contributed by atoms with Crippen LogP contribution in [0.4, 0.5) is 10.1 Å². The molecular weight excluding hydrogens is 517 g/mol. The van der Waals surface area contributed by atoms with Crippen LogP contribution in [0.3, 0.4) is 0 Å². The molecule has 1 aliphatic heterocycles. The van der Waals surface area contributed by atoms with Gasteiger partial charge in [-0.05, 0) is 62.7 Å². The van der Waals surface area contributed by atoms with Crippen molar-refractivity contribution in [1.29, 1.82) is 5.26 Å². The van der Waals surface area contributed by atoms with E-state index in [4.69, 9.17) is 28.9 Å². The largest absolute Gasteiger partial charge is 0.494 e. The molecule has 0 unspecified atom stereocenters. The number of carbonyl (C=O) groups excluding carboxylic acids is 1. The molecule has 0 bridgehead atoms. The standard InChI is InChI=1S/C24H28FN3O5.C5H12O.CH4/c1-30-23-7-4-19(12-22(23)25)14-28(20-5-2-18(13-26)3-6-20)10-8-24-32-15-21(16-33-24)31-11-9-27-17-29;1-5(2,3)6-4;/h2-7,12,17,21,24H,8-11,14-16H2,1H3,(H,27,29);1-4H3;1H4. The number of nitriles is 1. The van der Waals surface area contributed by atoms with Gasteiger partial charge in [-0.25, -0.2) is 4.39 Å². The predicted molar refractivity (Wildman–Crippen MR) is 153 cm³/mol. The van der Waals surface area contributed by atoms with Crippen LogP contribution in [-0.2, 0) is 30.3 Å². The molecule has 1 saturated heterocycles. The zero-order valence-electron chi connectivity index (χ0n) is 23.4. The third-order valence-electron chi connectivity index (χ3n) is 5.82. The molecule has 9 nitrogen and oxygen atoms in total. The van der Waals surface area contributed by atoms with Crippen molar-refractivity contribution >= 4 is 12.1 Å². The first-order valence-corrected chi connectivity index (χ1v) is 12.8. The molecule has 10 heteroatoms. The minimum absolute atomic E-state index is 0. The summed E-state index contributed by atoms with van der Waals surface area (Å²) in [6.07, 6.45) is 0.670. The van der Waals surface area contributed by atoms with Crippen molar-refractivity contribution in [1.82, 2.24) is 5.32 Å². The number of anilines is 1. The second-order valence-electron chi connectivity index (χ2n) is 9.82. The Morgan fingerprint density at radius 1 is 1.15 bits per heavy atom. The maximum Gasteiger partial charge on any atom is 0.207 e. The SMILES string of the molecule is C.COC(C)(C)C.COc1ccc(CN(CCC2OCC(OCCNC=O)CO2)c2ccc(C#N)cc2)cc1F. The Morgan fingerprint density at radius 3 is 2.33 bits per heavy atom. The van der Waals surface area contributed by atoms with Crippen LogP contribution in [0.2, 0.25) is 0 Å². The highest BCUT2D eigenvalue weighted by atomic mass is 19.1. The van der Waals surface area contributed by atoms with E-state index in [2.05, 4.69) is 16.3 Å². The number of ether oxygens (including phenoxy) is 5. The van der Waals surface area contributed by atoms with E-state index in [0.29, 0.717) is 57.8 Å². The van der Waals surface area contributed by atoms with E-state index in [9.17, 15) is 9.18 Å².